The Labute approximate surface area is 127 Å². The average Bonchev–Trinajstić information content (AvgIpc) is 2.76. The van der Waals surface area contributed by atoms with Crippen LogP contribution in [0.3, 0.4) is 0 Å². The number of carbonyl (C=O) groups is 1. The highest BCUT2D eigenvalue weighted by Gasteiger charge is 2.35. The molecule has 1 aromatic heterocycles. The molecule has 1 aromatic rings. The zero-order valence-electron chi connectivity index (χ0n) is 11.5. The quantitative estimate of drug-likeness (QED) is 0.639. The Bertz CT molecular complexity index is 479. The molecule has 104 valence electrons. The van der Waals surface area contributed by atoms with E-state index in [1.54, 1.807) is 11.3 Å². The molecular formula is C16H21BrOS. The number of thiophene rings is 1. The number of halogens is 1. The Morgan fingerprint density at radius 2 is 1.95 bits per heavy atom. The molecule has 0 N–H and O–H groups in total. The lowest BCUT2D eigenvalue weighted by Crippen LogP contribution is -2.31. The summed E-state index contributed by atoms with van der Waals surface area (Å²) in [7, 11) is 0. The van der Waals surface area contributed by atoms with Gasteiger partial charge in [0, 0.05) is 16.4 Å². The van der Waals surface area contributed by atoms with Crippen molar-refractivity contribution in [1.82, 2.24) is 0 Å². The third-order valence-corrected chi connectivity index (χ3v) is 6.62. The van der Waals surface area contributed by atoms with Crippen LogP contribution in [0.5, 0.6) is 0 Å². The number of fused-ring (bicyclic) bond motifs is 1. The predicted molar refractivity (Wildman–Crippen MR) is 83.9 cm³/mol. The minimum absolute atomic E-state index is 0.291. The lowest BCUT2D eigenvalue weighted by atomic mass is 9.66. The summed E-state index contributed by atoms with van der Waals surface area (Å²) in [5.74, 6) is 2.45. The van der Waals surface area contributed by atoms with Crippen molar-refractivity contribution in [3.63, 3.8) is 0 Å². The normalized spacial score (nSPS) is 30.9. The van der Waals surface area contributed by atoms with Gasteiger partial charge in [0.1, 0.15) is 0 Å². The molecule has 19 heavy (non-hydrogen) atoms. The molecule has 0 amide bonds. The number of aryl methyl sites for hydroxylation is 1. The zero-order chi connectivity index (χ0) is 13.4. The van der Waals surface area contributed by atoms with Gasteiger partial charge in [-0.1, -0.05) is 25.7 Å². The maximum absolute atomic E-state index is 12.7. The van der Waals surface area contributed by atoms with Crippen LogP contribution in [0.1, 0.15) is 60.2 Å². The molecule has 3 heteroatoms. The molecule has 3 unspecified atom stereocenters. The summed E-state index contributed by atoms with van der Waals surface area (Å²) >= 11 is 5.18. The Hall–Kier alpha value is -0.150. The van der Waals surface area contributed by atoms with E-state index < -0.39 is 0 Å². The van der Waals surface area contributed by atoms with E-state index in [4.69, 9.17) is 0 Å². The minimum atomic E-state index is 0.291. The molecule has 2 saturated carbocycles. The summed E-state index contributed by atoms with van der Waals surface area (Å²) < 4.78 is 1.08. The molecule has 0 spiro atoms. The van der Waals surface area contributed by atoms with Crippen molar-refractivity contribution in [2.75, 3.05) is 0 Å². The van der Waals surface area contributed by atoms with Crippen LogP contribution in [0.25, 0.3) is 0 Å². The third-order valence-electron chi connectivity index (χ3n) is 5.06. The second kappa shape index (κ2) is 5.69. The second-order valence-electron chi connectivity index (χ2n) is 6.20. The highest BCUT2D eigenvalue weighted by atomic mass is 79.9. The van der Waals surface area contributed by atoms with Crippen LogP contribution in [0.4, 0.5) is 0 Å². The van der Waals surface area contributed by atoms with E-state index in [1.165, 1.54) is 37.0 Å². The van der Waals surface area contributed by atoms with Crippen molar-refractivity contribution in [3.8, 4) is 0 Å². The van der Waals surface area contributed by atoms with Gasteiger partial charge in [0.2, 0.25) is 0 Å². The van der Waals surface area contributed by atoms with Crippen molar-refractivity contribution in [2.24, 2.45) is 17.8 Å². The van der Waals surface area contributed by atoms with Gasteiger partial charge in [-0.3, -0.25) is 4.79 Å². The first-order chi connectivity index (χ1) is 9.15. The molecule has 3 rings (SSSR count). The van der Waals surface area contributed by atoms with E-state index in [-0.39, 0.29) is 0 Å². The van der Waals surface area contributed by atoms with Crippen LogP contribution < -0.4 is 0 Å². The van der Waals surface area contributed by atoms with Gasteiger partial charge in [-0.05, 0) is 60.0 Å². The fourth-order valence-electron chi connectivity index (χ4n) is 4.02. The topological polar surface area (TPSA) is 17.1 Å². The van der Waals surface area contributed by atoms with Crippen molar-refractivity contribution >= 4 is 33.0 Å². The Morgan fingerprint density at radius 1 is 1.21 bits per heavy atom. The van der Waals surface area contributed by atoms with E-state index in [0.29, 0.717) is 11.7 Å². The van der Waals surface area contributed by atoms with Gasteiger partial charge in [0.15, 0.2) is 5.78 Å². The molecule has 3 atom stereocenters. The first kappa shape index (κ1) is 13.8. The van der Waals surface area contributed by atoms with Crippen molar-refractivity contribution in [1.29, 1.82) is 0 Å². The van der Waals surface area contributed by atoms with Crippen LogP contribution in [0.15, 0.2) is 9.85 Å². The van der Waals surface area contributed by atoms with Gasteiger partial charge in [0.05, 0.1) is 3.79 Å². The number of ketones is 1. The predicted octanol–water partition coefficient (Wildman–Crippen LogP) is 5.61. The van der Waals surface area contributed by atoms with Crippen LogP contribution in [0.2, 0.25) is 0 Å². The lowest BCUT2D eigenvalue weighted by molar-refractivity contribution is 0.0763. The minimum Gasteiger partial charge on any atom is -0.294 e. The molecule has 1 heterocycles. The van der Waals surface area contributed by atoms with Gasteiger partial charge in [0.25, 0.3) is 0 Å². The number of carbonyl (C=O) groups excluding carboxylic acids is 1. The van der Waals surface area contributed by atoms with Crippen LogP contribution >= 0.6 is 27.3 Å². The lowest BCUT2D eigenvalue weighted by Gasteiger charge is -2.38. The monoisotopic (exact) mass is 340 g/mol. The Morgan fingerprint density at radius 3 is 2.63 bits per heavy atom. The molecule has 2 fully saturated rings. The van der Waals surface area contributed by atoms with Crippen LogP contribution in [0, 0.1) is 24.7 Å². The molecule has 0 bridgehead atoms. The Balaban J connectivity index is 1.72. The second-order valence-corrected chi connectivity index (χ2v) is 8.83. The summed E-state index contributed by atoms with van der Waals surface area (Å²) in [4.78, 5) is 13.9. The number of hydrogen-bond acceptors (Lipinski definition) is 2. The summed E-state index contributed by atoms with van der Waals surface area (Å²) in [5, 5.41) is 0. The molecule has 0 saturated heterocycles. The van der Waals surface area contributed by atoms with Gasteiger partial charge < -0.3 is 0 Å². The fourth-order valence-corrected chi connectivity index (χ4v) is 5.72. The maximum Gasteiger partial charge on any atom is 0.167 e. The van der Waals surface area contributed by atoms with Gasteiger partial charge in [-0.25, -0.2) is 0 Å². The molecule has 0 aliphatic heterocycles. The molecule has 2 aliphatic rings. The molecule has 2 aliphatic carbocycles. The largest absolute Gasteiger partial charge is 0.294 e. The smallest absolute Gasteiger partial charge is 0.167 e. The maximum atomic E-state index is 12.7. The third kappa shape index (κ3) is 2.82. The van der Waals surface area contributed by atoms with Crippen LogP contribution in [-0.4, -0.2) is 5.78 Å². The van der Waals surface area contributed by atoms with E-state index in [2.05, 4.69) is 22.9 Å². The van der Waals surface area contributed by atoms with Crippen molar-refractivity contribution in [2.45, 2.75) is 51.9 Å². The van der Waals surface area contributed by atoms with E-state index >= 15 is 0 Å². The van der Waals surface area contributed by atoms with E-state index in [1.807, 2.05) is 6.07 Å². The summed E-state index contributed by atoms with van der Waals surface area (Å²) in [5.41, 5.74) is 0.969. The fraction of sp³-hybridized carbons (Fsp3) is 0.688. The van der Waals surface area contributed by atoms with Gasteiger partial charge in [-0.2, -0.15) is 0 Å². The SMILES string of the molecule is Cc1sc(Br)cc1C(=O)C1CCC2CCCCC2C1. The van der Waals surface area contributed by atoms with Crippen molar-refractivity contribution < 1.29 is 4.79 Å². The van der Waals surface area contributed by atoms with Crippen LogP contribution in [-0.2, 0) is 0 Å². The number of rotatable bonds is 2. The standard InChI is InChI=1S/C16H21BrOS/c1-10-14(9-15(17)19-10)16(18)13-7-6-11-4-2-3-5-12(11)8-13/h9,11-13H,2-8H2,1H3. The summed E-state index contributed by atoms with van der Waals surface area (Å²) in [6.45, 7) is 2.06. The molecule has 1 nitrogen and oxygen atoms in total. The molecule has 0 aromatic carbocycles. The molecular weight excluding hydrogens is 320 g/mol. The van der Waals surface area contributed by atoms with Gasteiger partial charge in [-0.15, -0.1) is 11.3 Å². The molecule has 0 radical (unpaired) electrons. The van der Waals surface area contributed by atoms with Gasteiger partial charge >= 0.3 is 0 Å². The van der Waals surface area contributed by atoms with E-state index in [9.17, 15) is 4.79 Å². The highest BCUT2D eigenvalue weighted by molar-refractivity contribution is 9.11. The van der Waals surface area contributed by atoms with Crippen molar-refractivity contribution in [3.05, 3.63) is 20.3 Å². The average molecular weight is 341 g/mol. The first-order valence-electron chi connectivity index (χ1n) is 7.45. The summed E-state index contributed by atoms with van der Waals surface area (Å²) in [6.07, 6.45) is 9.12. The highest BCUT2D eigenvalue weighted by Crippen LogP contribution is 2.44. The number of Topliss-reactive ketones (excluding diaryl/α,β-unsaturated/α-hetero) is 1. The Kier molecular flexibility index (Phi) is 4.14. The van der Waals surface area contributed by atoms with E-state index in [0.717, 1.165) is 34.0 Å². The zero-order valence-corrected chi connectivity index (χ0v) is 13.9. The first-order valence-corrected chi connectivity index (χ1v) is 9.06. The summed E-state index contributed by atoms with van der Waals surface area (Å²) in [6, 6.07) is 2.02. The number of hydrogen-bond donors (Lipinski definition) is 0.